The van der Waals surface area contributed by atoms with Gasteiger partial charge in [-0.25, -0.2) is 0 Å². The molecule has 2 aliphatic heterocycles. The third-order valence-electron chi connectivity index (χ3n) is 6.63. The van der Waals surface area contributed by atoms with Crippen molar-refractivity contribution in [3.63, 3.8) is 0 Å². The van der Waals surface area contributed by atoms with E-state index in [0.717, 1.165) is 12.8 Å². The number of aliphatic hydroxyl groups is 2. The number of phenols is 1. The maximum Gasteiger partial charge on any atom is 0.257 e. The molecule has 4 rings (SSSR count). The molecule has 176 valence electrons. The Kier molecular flexibility index (Phi) is 5.87. The predicted octanol–water partition coefficient (Wildman–Crippen LogP) is 3.32. The zero-order chi connectivity index (χ0) is 24.0. The summed E-state index contributed by atoms with van der Waals surface area (Å²) in [5.74, 6) is -0.652. The molecule has 1 fully saturated rings. The van der Waals surface area contributed by atoms with Gasteiger partial charge in [0.25, 0.3) is 5.91 Å². The minimum absolute atomic E-state index is 0.155. The van der Waals surface area contributed by atoms with Crippen LogP contribution in [-0.2, 0) is 19.9 Å². The summed E-state index contributed by atoms with van der Waals surface area (Å²) < 4.78 is 11.5. The number of fused-ring (bicyclic) bond motifs is 1. The molecule has 7 heteroatoms. The highest BCUT2D eigenvalue weighted by molar-refractivity contribution is 6.00. The Hall–Kier alpha value is -2.71. The molecule has 2 aromatic carbocycles. The molecule has 1 amide bonds. The number of hydrogen-bond acceptors (Lipinski definition) is 6. The van der Waals surface area contributed by atoms with Crippen molar-refractivity contribution in [1.82, 2.24) is 0 Å². The lowest BCUT2D eigenvalue weighted by atomic mass is 9.76. The Morgan fingerprint density at radius 1 is 1.21 bits per heavy atom. The van der Waals surface area contributed by atoms with Gasteiger partial charge in [-0.15, -0.1) is 0 Å². The molecule has 0 radical (unpaired) electrons. The summed E-state index contributed by atoms with van der Waals surface area (Å²) in [6.07, 6.45) is 3.50. The fourth-order valence-electron chi connectivity index (χ4n) is 4.76. The number of nitrogens with one attached hydrogen (secondary N) is 1. The van der Waals surface area contributed by atoms with Crippen molar-refractivity contribution in [3.05, 3.63) is 65.2 Å². The second-order valence-electron chi connectivity index (χ2n) is 9.61. The van der Waals surface area contributed by atoms with Gasteiger partial charge in [0.1, 0.15) is 5.75 Å². The number of benzene rings is 2. The molecule has 0 spiro atoms. The number of hydrogen-bond donors (Lipinski definition) is 4. The van der Waals surface area contributed by atoms with E-state index in [1.807, 2.05) is 13.0 Å². The summed E-state index contributed by atoms with van der Waals surface area (Å²) >= 11 is 0. The van der Waals surface area contributed by atoms with Gasteiger partial charge < -0.3 is 30.1 Å². The van der Waals surface area contributed by atoms with Crippen molar-refractivity contribution in [2.45, 2.75) is 62.6 Å². The van der Waals surface area contributed by atoms with Crippen molar-refractivity contribution in [2.24, 2.45) is 0 Å². The van der Waals surface area contributed by atoms with Crippen LogP contribution in [0, 0.1) is 0 Å². The molecule has 33 heavy (non-hydrogen) atoms. The zero-order valence-corrected chi connectivity index (χ0v) is 19.3. The number of amides is 1. The van der Waals surface area contributed by atoms with Gasteiger partial charge in [-0.3, -0.25) is 4.79 Å². The fourth-order valence-corrected chi connectivity index (χ4v) is 4.76. The first-order valence-corrected chi connectivity index (χ1v) is 11.1. The van der Waals surface area contributed by atoms with E-state index in [2.05, 4.69) is 5.32 Å². The minimum Gasteiger partial charge on any atom is -0.507 e. The average molecular weight is 454 g/mol. The van der Waals surface area contributed by atoms with E-state index < -0.39 is 28.8 Å². The zero-order valence-electron chi connectivity index (χ0n) is 19.3. The van der Waals surface area contributed by atoms with E-state index in [9.17, 15) is 20.1 Å². The third-order valence-corrected chi connectivity index (χ3v) is 6.63. The van der Waals surface area contributed by atoms with Crippen LogP contribution in [0.4, 0.5) is 5.69 Å². The highest BCUT2D eigenvalue weighted by atomic mass is 16.5. The molecule has 2 aliphatic rings. The second kappa shape index (κ2) is 8.25. The summed E-state index contributed by atoms with van der Waals surface area (Å²) in [7, 11) is 1.35. The lowest BCUT2D eigenvalue weighted by Gasteiger charge is -2.40. The number of rotatable bonds is 5. The van der Waals surface area contributed by atoms with Gasteiger partial charge in [0, 0.05) is 12.7 Å². The normalized spacial score (nSPS) is 29.8. The van der Waals surface area contributed by atoms with Gasteiger partial charge in [0.15, 0.2) is 11.7 Å². The highest BCUT2D eigenvalue weighted by Gasteiger charge is 2.51. The van der Waals surface area contributed by atoms with Crippen LogP contribution in [0.3, 0.4) is 0 Å². The second-order valence-corrected chi connectivity index (χ2v) is 9.61. The van der Waals surface area contributed by atoms with Gasteiger partial charge in [0.05, 0.1) is 28.6 Å². The lowest BCUT2D eigenvalue weighted by Crippen LogP contribution is -2.52. The Labute approximate surface area is 193 Å². The Bertz CT molecular complexity index is 1080. The number of ether oxygens (including phenoxy) is 2. The van der Waals surface area contributed by atoms with Crippen LogP contribution in [0.1, 0.15) is 50.3 Å². The first kappa shape index (κ1) is 23.4. The SMILES string of the molecule is CO[C@@H]1C(=O)Nc2ccc(/C=C/[C@@]3(C)CC[C@H](C(C)(C)O)O3)c(O)c2[C@@]1(O)c1ccccc1. The number of phenolic OH excluding ortho intramolecular Hbond substituents is 1. The van der Waals surface area contributed by atoms with Gasteiger partial charge in [-0.05, 0) is 51.3 Å². The number of aromatic hydroxyl groups is 1. The fraction of sp³-hybridized carbons (Fsp3) is 0.423. The summed E-state index contributed by atoms with van der Waals surface area (Å²) in [4.78, 5) is 12.7. The number of carbonyl (C=O) groups is 1. The Balaban J connectivity index is 1.76. The van der Waals surface area contributed by atoms with E-state index in [0.29, 0.717) is 16.8 Å². The summed E-state index contributed by atoms with van der Waals surface area (Å²) in [6, 6.07) is 12.0. The van der Waals surface area contributed by atoms with Crippen molar-refractivity contribution >= 4 is 17.7 Å². The minimum atomic E-state index is -1.89. The summed E-state index contributed by atoms with van der Waals surface area (Å²) in [5.41, 5.74) is -2.05. The van der Waals surface area contributed by atoms with Gasteiger partial charge in [-0.1, -0.05) is 42.5 Å². The maximum atomic E-state index is 12.7. The summed E-state index contributed by atoms with van der Waals surface area (Å²) in [5, 5.41) is 36.1. The molecule has 0 bridgehead atoms. The molecule has 0 saturated carbocycles. The molecular formula is C26H31NO6. The van der Waals surface area contributed by atoms with E-state index in [1.54, 1.807) is 62.4 Å². The molecule has 4 atom stereocenters. The first-order valence-electron chi connectivity index (χ1n) is 11.1. The smallest absolute Gasteiger partial charge is 0.257 e. The number of anilines is 1. The highest BCUT2D eigenvalue weighted by Crippen LogP contribution is 2.48. The standard InChI is InChI=1S/C26H31NO6/c1-24(2,30)19-13-15-25(3,33-19)14-12-16-10-11-18-20(21(16)28)26(31,17-8-6-5-7-9-17)22(32-4)23(29)27-18/h5-12,14,19,22,28,30-31H,13,15H2,1-4H3,(H,27,29)/b14-12+/t19-,22-,25+,26+/m1/s1. The molecule has 1 saturated heterocycles. The van der Waals surface area contributed by atoms with Gasteiger partial charge in [-0.2, -0.15) is 0 Å². The molecular weight excluding hydrogens is 422 g/mol. The molecule has 2 heterocycles. The van der Waals surface area contributed by atoms with Crippen LogP contribution in [0.25, 0.3) is 6.08 Å². The van der Waals surface area contributed by atoms with E-state index in [1.165, 1.54) is 7.11 Å². The predicted molar refractivity (Wildman–Crippen MR) is 125 cm³/mol. The van der Waals surface area contributed by atoms with Crippen molar-refractivity contribution in [2.75, 3.05) is 12.4 Å². The first-order chi connectivity index (χ1) is 15.5. The molecule has 2 aromatic rings. The van der Waals surface area contributed by atoms with Crippen LogP contribution in [0.2, 0.25) is 0 Å². The number of methoxy groups -OCH3 is 1. The molecule has 0 aliphatic carbocycles. The topological polar surface area (TPSA) is 108 Å². The van der Waals surface area contributed by atoms with Gasteiger partial charge >= 0.3 is 0 Å². The molecule has 0 aromatic heterocycles. The van der Waals surface area contributed by atoms with Crippen LogP contribution in [0.5, 0.6) is 5.75 Å². The van der Waals surface area contributed by atoms with Crippen LogP contribution < -0.4 is 5.32 Å². The third kappa shape index (κ3) is 4.06. The van der Waals surface area contributed by atoms with Crippen molar-refractivity contribution in [3.8, 4) is 5.75 Å². The van der Waals surface area contributed by atoms with Crippen molar-refractivity contribution < 1.29 is 29.6 Å². The monoisotopic (exact) mass is 453 g/mol. The Morgan fingerprint density at radius 2 is 1.91 bits per heavy atom. The molecule has 7 nitrogen and oxygen atoms in total. The van der Waals surface area contributed by atoms with Crippen LogP contribution in [0.15, 0.2) is 48.5 Å². The average Bonchev–Trinajstić information content (AvgIpc) is 3.17. The van der Waals surface area contributed by atoms with E-state index in [-0.39, 0.29) is 17.4 Å². The molecule has 0 unspecified atom stereocenters. The van der Waals surface area contributed by atoms with E-state index >= 15 is 0 Å². The largest absolute Gasteiger partial charge is 0.507 e. The Morgan fingerprint density at radius 3 is 2.52 bits per heavy atom. The quantitative estimate of drug-likeness (QED) is 0.553. The van der Waals surface area contributed by atoms with E-state index in [4.69, 9.17) is 9.47 Å². The lowest BCUT2D eigenvalue weighted by molar-refractivity contribution is -0.142. The van der Waals surface area contributed by atoms with Crippen LogP contribution >= 0.6 is 0 Å². The van der Waals surface area contributed by atoms with Crippen LogP contribution in [-0.4, -0.2) is 51.7 Å². The van der Waals surface area contributed by atoms with Gasteiger partial charge in [0.2, 0.25) is 0 Å². The maximum absolute atomic E-state index is 12.7. The molecule has 4 N–H and O–H groups in total. The number of carbonyl (C=O) groups excluding carboxylic acids is 1. The summed E-state index contributed by atoms with van der Waals surface area (Å²) in [6.45, 7) is 5.40. The van der Waals surface area contributed by atoms with Crippen molar-refractivity contribution in [1.29, 1.82) is 0 Å².